The molecule has 0 radical (unpaired) electrons. The van der Waals surface area contributed by atoms with Crippen molar-refractivity contribution in [3.05, 3.63) is 0 Å². The first-order chi connectivity index (χ1) is 9.49. The van der Waals surface area contributed by atoms with Crippen LogP contribution in [0.5, 0.6) is 0 Å². The molecule has 0 bridgehead atoms. The zero-order chi connectivity index (χ0) is 16.1. The van der Waals surface area contributed by atoms with Crippen molar-refractivity contribution in [3.8, 4) is 0 Å². The van der Waals surface area contributed by atoms with Crippen LogP contribution in [0.2, 0.25) is 0 Å². The summed E-state index contributed by atoms with van der Waals surface area (Å²) in [5, 5.41) is 29.7. The number of hydrogen-bond donors (Lipinski definition) is 4. The minimum absolute atomic E-state index is 0.0926. The standard InChI is InChI=1S/C7H14O5.C4H9NO.C2H6/c1-11-6-2-4(9)7(10)5(3-8)12-6;1-3-4(6)5-2;1-2/h4-10H,2-3H2,1H3;3H2,1-2H3,(H,5,6);1-2H3. The van der Waals surface area contributed by atoms with Gasteiger partial charge in [-0.2, -0.15) is 0 Å². The lowest BCUT2D eigenvalue weighted by Crippen LogP contribution is -2.50. The number of aliphatic hydroxyl groups excluding tert-OH is 3. The number of carbonyl (C=O) groups excluding carboxylic acids is 1. The molecule has 4 unspecified atom stereocenters. The zero-order valence-electron chi connectivity index (χ0n) is 13.0. The van der Waals surface area contributed by atoms with E-state index in [-0.39, 0.29) is 18.9 Å². The van der Waals surface area contributed by atoms with Crippen LogP contribution in [0.15, 0.2) is 0 Å². The Labute approximate surface area is 120 Å². The first-order valence-electron chi connectivity index (χ1n) is 6.85. The topological polar surface area (TPSA) is 108 Å². The quantitative estimate of drug-likeness (QED) is 0.566. The fourth-order valence-electron chi connectivity index (χ4n) is 1.39. The number of ether oxygens (including phenoxy) is 2. The number of rotatable bonds is 3. The van der Waals surface area contributed by atoms with E-state index in [4.69, 9.17) is 14.6 Å². The molecule has 0 aliphatic carbocycles. The molecule has 122 valence electrons. The average molecular weight is 295 g/mol. The highest BCUT2D eigenvalue weighted by Crippen LogP contribution is 2.20. The van der Waals surface area contributed by atoms with Gasteiger partial charge in [0.25, 0.3) is 0 Å². The number of hydrogen-bond acceptors (Lipinski definition) is 6. The maximum atomic E-state index is 10.1. The van der Waals surface area contributed by atoms with Gasteiger partial charge in [0, 0.05) is 27.0 Å². The van der Waals surface area contributed by atoms with Gasteiger partial charge in [-0.05, 0) is 0 Å². The molecule has 1 aliphatic heterocycles. The third-order valence-electron chi connectivity index (χ3n) is 2.58. The van der Waals surface area contributed by atoms with Crippen LogP contribution in [-0.4, -0.2) is 66.6 Å². The summed E-state index contributed by atoms with van der Waals surface area (Å²) in [7, 11) is 3.08. The SMILES string of the molecule is CC.CCC(=O)NC.COC1CC(O)C(O)C(CO)O1. The Balaban J connectivity index is 0. The number of amides is 1. The van der Waals surface area contributed by atoms with E-state index in [1.165, 1.54) is 7.11 Å². The molecule has 4 N–H and O–H groups in total. The molecule has 1 heterocycles. The van der Waals surface area contributed by atoms with E-state index in [0.29, 0.717) is 6.42 Å². The van der Waals surface area contributed by atoms with Gasteiger partial charge in [0.05, 0.1) is 12.7 Å². The second-order valence-electron chi connectivity index (χ2n) is 3.84. The Kier molecular flexibility index (Phi) is 14.3. The predicted octanol–water partition coefficient (Wildman–Crippen LogP) is -0.369. The lowest BCUT2D eigenvalue weighted by atomic mass is 10.0. The van der Waals surface area contributed by atoms with E-state index in [9.17, 15) is 15.0 Å². The van der Waals surface area contributed by atoms with Crippen molar-refractivity contribution in [3.63, 3.8) is 0 Å². The number of nitrogens with one attached hydrogen (secondary N) is 1. The van der Waals surface area contributed by atoms with Crippen molar-refractivity contribution in [2.24, 2.45) is 0 Å². The van der Waals surface area contributed by atoms with Gasteiger partial charge >= 0.3 is 0 Å². The fraction of sp³-hybridized carbons (Fsp3) is 0.923. The van der Waals surface area contributed by atoms with Crippen LogP contribution >= 0.6 is 0 Å². The Bertz CT molecular complexity index is 233. The summed E-state index contributed by atoms with van der Waals surface area (Å²) >= 11 is 0. The largest absolute Gasteiger partial charge is 0.394 e. The molecule has 7 heteroatoms. The normalized spacial score (nSPS) is 28.4. The number of methoxy groups -OCH3 is 1. The fourth-order valence-corrected chi connectivity index (χ4v) is 1.39. The Morgan fingerprint density at radius 1 is 1.40 bits per heavy atom. The van der Waals surface area contributed by atoms with Crippen LogP contribution < -0.4 is 5.32 Å². The molecule has 4 atom stereocenters. The van der Waals surface area contributed by atoms with Gasteiger partial charge in [-0.3, -0.25) is 4.79 Å². The zero-order valence-corrected chi connectivity index (χ0v) is 13.0. The first-order valence-corrected chi connectivity index (χ1v) is 6.85. The van der Waals surface area contributed by atoms with Crippen LogP contribution in [0.1, 0.15) is 33.6 Å². The summed E-state index contributed by atoms with van der Waals surface area (Å²) in [6.07, 6.45) is -2.40. The molecule has 0 spiro atoms. The van der Waals surface area contributed by atoms with Crippen LogP contribution in [0.4, 0.5) is 0 Å². The summed E-state index contributed by atoms with van der Waals surface area (Å²) < 4.78 is 9.92. The molecule has 1 fully saturated rings. The van der Waals surface area contributed by atoms with Gasteiger partial charge in [0.15, 0.2) is 6.29 Å². The lowest BCUT2D eigenvalue weighted by molar-refractivity contribution is -0.248. The molecule has 1 rings (SSSR count). The summed E-state index contributed by atoms with van der Waals surface area (Å²) in [6, 6.07) is 0. The summed E-state index contributed by atoms with van der Waals surface area (Å²) in [4.78, 5) is 10.1. The molecule has 1 aliphatic rings. The highest BCUT2D eigenvalue weighted by atomic mass is 16.7. The van der Waals surface area contributed by atoms with E-state index in [2.05, 4.69) is 5.32 Å². The monoisotopic (exact) mass is 295 g/mol. The summed E-state index contributed by atoms with van der Waals surface area (Å²) in [5.41, 5.74) is 0. The summed E-state index contributed by atoms with van der Waals surface area (Å²) in [6.45, 7) is 5.50. The van der Waals surface area contributed by atoms with Gasteiger partial charge in [0.1, 0.15) is 12.2 Å². The van der Waals surface area contributed by atoms with Crippen molar-refractivity contribution >= 4 is 5.91 Å². The van der Waals surface area contributed by atoms with Gasteiger partial charge in [-0.25, -0.2) is 0 Å². The van der Waals surface area contributed by atoms with E-state index in [1.807, 2.05) is 20.8 Å². The molecule has 1 amide bonds. The van der Waals surface area contributed by atoms with Crippen LogP contribution in [-0.2, 0) is 14.3 Å². The Hall–Kier alpha value is -0.730. The average Bonchev–Trinajstić information content (AvgIpc) is 2.51. The smallest absolute Gasteiger partial charge is 0.219 e. The van der Waals surface area contributed by atoms with E-state index in [1.54, 1.807) is 7.05 Å². The minimum atomic E-state index is -1.03. The number of carbonyl (C=O) groups is 1. The van der Waals surface area contributed by atoms with Crippen molar-refractivity contribution in [1.82, 2.24) is 5.32 Å². The van der Waals surface area contributed by atoms with Gasteiger partial charge in [-0.15, -0.1) is 0 Å². The van der Waals surface area contributed by atoms with E-state index >= 15 is 0 Å². The molecule has 0 saturated carbocycles. The van der Waals surface area contributed by atoms with Crippen molar-refractivity contribution in [2.75, 3.05) is 20.8 Å². The van der Waals surface area contributed by atoms with E-state index in [0.717, 1.165) is 0 Å². The minimum Gasteiger partial charge on any atom is -0.394 e. The van der Waals surface area contributed by atoms with Crippen LogP contribution in [0.3, 0.4) is 0 Å². The molecule has 1 saturated heterocycles. The lowest BCUT2D eigenvalue weighted by Gasteiger charge is -2.35. The third-order valence-corrected chi connectivity index (χ3v) is 2.58. The molecular weight excluding hydrogens is 266 g/mol. The molecule has 0 aromatic carbocycles. The maximum Gasteiger partial charge on any atom is 0.219 e. The molecule has 0 aromatic rings. The van der Waals surface area contributed by atoms with Crippen molar-refractivity contribution in [1.29, 1.82) is 0 Å². The van der Waals surface area contributed by atoms with Crippen LogP contribution in [0, 0.1) is 0 Å². The highest BCUT2D eigenvalue weighted by Gasteiger charge is 2.36. The van der Waals surface area contributed by atoms with Crippen molar-refractivity contribution < 1.29 is 29.6 Å². The Morgan fingerprint density at radius 2 is 1.95 bits per heavy atom. The molecule has 7 nitrogen and oxygen atoms in total. The maximum absolute atomic E-state index is 10.1. The highest BCUT2D eigenvalue weighted by molar-refractivity contribution is 5.74. The summed E-state index contributed by atoms with van der Waals surface area (Å²) in [5.74, 6) is 0.0926. The second kappa shape index (κ2) is 13.3. The molecule has 0 aromatic heterocycles. The van der Waals surface area contributed by atoms with Gasteiger partial charge in [0.2, 0.25) is 5.91 Å². The number of aliphatic hydroxyl groups is 3. The second-order valence-corrected chi connectivity index (χ2v) is 3.84. The van der Waals surface area contributed by atoms with E-state index < -0.39 is 24.6 Å². The first kappa shape index (κ1) is 21.6. The Morgan fingerprint density at radius 3 is 2.25 bits per heavy atom. The molecule has 20 heavy (non-hydrogen) atoms. The van der Waals surface area contributed by atoms with Gasteiger partial charge < -0.3 is 30.1 Å². The molecular formula is C13H29NO6. The van der Waals surface area contributed by atoms with Crippen molar-refractivity contribution in [2.45, 2.75) is 58.2 Å². The predicted molar refractivity (Wildman–Crippen MR) is 75.1 cm³/mol. The van der Waals surface area contributed by atoms with Gasteiger partial charge in [-0.1, -0.05) is 20.8 Å². The third kappa shape index (κ3) is 8.44. The van der Waals surface area contributed by atoms with Crippen LogP contribution in [0.25, 0.3) is 0 Å².